The maximum atomic E-state index is 13.8. The summed E-state index contributed by atoms with van der Waals surface area (Å²) in [4.78, 5) is 30.1. The van der Waals surface area contributed by atoms with Gasteiger partial charge < -0.3 is 25.0 Å². The Morgan fingerprint density at radius 1 is 1.08 bits per heavy atom. The van der Waals surface area contributed by atoms with Gasteiger partial charge in [-0.15, -0.1) is 0 Å². The summed E-state index contributed by atoms with van der Waals surface area (Å²) in [5.74, 6) is 0.122. The average Bonchev–Trinajstić information content (AvgIpc) is 2.89. The van der Waals surface area contributed by atoms with Crippen molar-refractivity contribution in [3.63, 3.8) is 0 Å². The number of hydrogen-bond acceptors (Lipinski definition) is 4. The number of aliphatic hydroxyl groups is 1. The number of ether oxygens (including phenoxy) is 1. The summed E-state index contributed by atoms with van der Waals surface area (Å²) < 4.78 is 6.48. The molecule has 0 radical (unpaired) electrons. The Kier molecular flexibility index (Phi) is 9.51. The lowest BCUT2D eigenvalue weighted by Gasteiger charge is -2.35. The summed E-state index contributed by atoms with van der Waals surface area (Å²) >= 11 is 0. The number of likely N-dealkylation sites (N-methyl/N-ethyl adjacent to an activating group) is 1. The molecule has 36 heavy (non-hydrogen) atoms. The van der Waals surface area contributed by atoms with Crippen molar-refractivity contribution in [2.45, 2.75) is 59.4 Å². The zero-order chi connectivity index (χ0) is 26.4. The molecule has 7 heteroatoms. The summed E-state index contributed by atoms with van der Waals surface area (Å²) in [5, 5.41) is 13.0. The van der Waals surface area contributed by atoms with Gasteiger partial charge in [0.1, 0.15) is 0 Å². The highest BCUT2D eigenvalue weighted by atomic mass is 16.5. The summed E-state index contributed by atoms with van der Waals surface area (Å²) in [5.41, 5.74) is 3.39. The Bertz CT molecular complexity index is 1040. The van der Waals surface area contributed by atoms with E-state index in [-0.39, 0.29) is 42.7 Å². The van der Waals surface area contributed by atoms with E-state index in [2.05, 4.69) is 19.2 Å². The second kappa shape index (κ2) is 12.4. The van der Waals surface area contributed by atoms with E-state index in [1.807, 2.05) is 69.3 Å². The first-order valence-electron chi connectivity index (χ1n) is 12.9. The predicted octanol–water partition coefficient (Wildman–Crippen LogP) is 4.40. The minimum absolute atomic E-state index is 0.0507. The molecule has 3 rings (SSSR count). The second-order valence-corrected chi connectivity index (χ2v) is 10.4. The van der Waals surface area contributed by atoms with Crippen LogP contribution < -0.4 is 5.32 Å². The third-order valence-electron chi connectivity index (χ3n) is 7.25. The molecule has 7 nitrogen and oxygen atoms in total. The van der Waals surface area contributed by atoms with Crippen molar-refractivity contribution in [1.82, 2.24) is 15.1 Å². The maximum Gasteiger partial charge on any atom is 0.317 e. The lowest BCUT2D eigenvalue weighted by Crippen LogP contribution is -2.50. The molecular weight excluding hydrogens is 454 g/mol. The fraction of sp³-hybridized carbons (Fsp3) is 0.517. The van der Waals surface area contributed by atoms with E-state index < -0.39 is 0 Å². The van der Waals surface area contributed by atoms with Crippen LogP contribution in [-0.2, 0) is 11.3 Å². The number of nitrogens with one attached hydrogen (secondary N) is 1. The molecule has 1 aliphatic heterocycles. The average molecular weight is 496 g/mol. The fourth-order valence-corrected chi connectivity index (χ4v) is 4.38. The number of nitrogens with zero attached hydrogens (tertiary/aromatic N) is 2. The van der Waals surface area contributed by atoms with Gasteiger partial charge in [0.15, 0.2) is 0 Å². The normalized spacial score (nSPS) is 20.1. The number of fused-ring (bicyclic) bond motifs is 3. The molecule has 0 saturated heterocycles. The molecule has 2 N–H and O–H groups in total. The lowest BCUT2D eigenvalue weighted by molar-refractivity contribution is -0.0185. The van der Waals surface area contributed by atoms with Crippen LogP contribution in [-0.4, -0.2) is 71.8 Å². The van der Waals surface area contributed by atoms with Crippen LogP contribution in [0.1, 0.15) is 50.5 Å². The number of carbonyl (C=O) groups excluding carboxylic acids is 2. The van der Waals surface area contributed by atoms with Crippen molar-refractivity contribution < 1.29 is 19.4 Å². The SMILES string of the molecule is CC(C)[C@@H](C)NC(=O)N(C)C[C@@H]1OCc2ccccc2-c2ccccc2C(=O)N([C@@H](C)CO)C[C@@H]1C. The number of rotatable bonds is 6. The quantitative estimate of drug-likeness (QED) is 0.623. The van der Waals surface area contributed by atoms with Crippen molar-refractivity contribution in [3.8, 4) is 11.1 Å². The van der Waals surface area contributed by atoms with Crippen LogP contribution in [0.5, 0.6) is 0 Å². The van der Waals surface area contributed by atoms with E-state index >= 15 is 0 Å². The minimum atomic E-state index is -0.363. The molecule has 3 amide bonds. The predicted molar refractivity (Wildman–Crippen MR) is 143 cm³/mol. The van der Waals surface area contributed by atoms with Gasteiger partial charge in [0.2, 0.25) is 0 Å². The highest BCUT2D eigenvalue weighted by molar-refractivity contribution is 6.01. The summed E-state index contributed by atoms with van der Waals surface area (Å²) in [6.07, 6.45) is -0.314. The molecule has 0 spiro atoms. The molecule has 2 aromatic carbocycles. The van der Waals surface area contributed by atoms with Gasteiger partial charge in [-0.3, -0.25) is 4.79 Å². The Labute approximate surface area is 215 Å². The van der Waals surface area contributed by atoms with Crippen molar-refractivity contribution in [1.29, 1.82) is 0 Å². The molecule has 0 unspecified atom stereocenters. The number of benzene rings is 2. The van der Waals surface area contributed by atoms with Gasteiger partial charge in [-0.1, -0.05) is 63.2 Å². The molecule has 1 aliphatic rings. The summed E-state index contributed by atoms with van der Waals surface area (Å²) in [6.45, 7) is 11.0. The van der Waals surface area contributed by atoms with Crippen LogP contribution in [0.2, 0.25) is 0 Å². The Morgan fingerprint density at radius 2 is 1.69 bits per heavy atom. The van der Waals surface area contributed by atoms with Crippen molar-refractivity contribution in [2.24, 2.45) is 11.8 Å². The van der Waals surface area contributed by atoms with Crippen LogP contribution in [0.4, 0.5) is 4.79 Å². The van der Waals surface area contributed by atoms with E-state index in [1.54, 1.807) is 16.8 Å². The minimum Gasteiger partial charge on any atom is -0.394 e. The molecular formula is C29H41N3O4. The van der Waals surface area contributed by atoms with Crippen LogP contribution in [0.25, 0.3) is 11.1 Å². The van der Waals surface area contributed by atoms with Crippen molar-refractivity contribution >= 4 is 11.9 Å². The van der Waals surface area contributed by atoms with E-state index in [4.69, 9.17) is 4.74 Å². The number of carbonyl (C=O) groups is 2. The maximum absolute atomic E-state index is 13.8. The van der Waals surface area contributed by atoms with Gasteiger partial charge in [0, 0.05) is 37.7 Å². The number of aliphatic hydroxyl groups excluding tert-OH is 1. The highest BCUT2D eigenvalue weighted by Crippen LogP contribution is 2.31. The molecule has 196 valence electrons. The summed E-state index contributed by atoms with van der Waals surface area (Å²) in [7, 11) is 1.77. The number of amides is 3. The van der Waals surface area contributed by atoms with Crippen LogP contribution in [0.15, 0.2) is 48.5 Å². The summed E-state index contributed by atoms with van der Waals surface area (Å²) in [6, 6.07) is 15.1. The third-order valence-corrected chi connectivity index (χ3v) is 7.25. The monoisotopic (exact) mass is 495 g/mol. The molecule has 0 saturated carbocycles. The first-order valence-corrected chi connectivity index (χ1v) is 12.9. The van der Waals surface area contributed by atoms with Gasteiger partial charge in [0.05, 0.1) is 25.4 Å². The van der Waals surface area contributed by atoms with Gasteiger partial charge in [0.25, 0.3) is 5.91 Å². The molecule has 0 aliphatic carbocycles. The molecule has 1 heterocycles. The molecule has 0 bridgehead atoms. The Morgan fingerprint density at radius 3 is 2.33 bits per heavy atom. The van der Waals surface area contributed by atoms with E-state index in [0.717, 1.165) is 16.7 Å². The molecule has 4 atom stereocenters. The Hall–Kier alpha value is -2.90. The van der Waals surface area contributed by atoms with Crippen LogP contribution >= 0.6 is 0 Å². The zero-order valence-corrected chi connectivity index (χ0v) is 22.4. The van der Waals surface area contributed by atoms with Crippen LogP contribution in [0, 0.1) is 11.8 Å². The standard InChI is InChI=1S/C29H41N3O4/c1-19(2)22(5)30-29(35)31(6)16-27-20(3)15-32(21(4)17-33)28(34)26-14-10-9-13-25(26)24-12-8-7-11-23(24)18-36-27/h7-14,19-22,27,33H,15-18H2,1-6H3,(H,30,35)/t20-,21-,22+,27-/m0/s1. The first kappa shape index (κ1) is 27.7. The van der Waals surface area contributed by atoms with E-state index in [1.165, 1.54) is 0 Å². The van der Waals surface area contributed by atoms with Crippen LogP contribution in [0.3, 0.4) is 0 Å². The van der Waals surface area contributed by atoms with Crippen molar-refractivity contribution in [2.75, 3.05) is 26.7 Å². The van der Waals surface area contributed by atoms with Crippen molar-refractivity contribution in [3.05, 3.63) is 59.7 Å². The second-order valence-electron chi connectivity index (χ2n) is 10.4. The first-order chi connectivity index (χ1) is 17.1. The lowest BCUT2D eigenvalue weighted by atomic mass is 9.94. The highest BCUT2D eigenvalue weighted by Gasteiger charge is 2.31. The largest absolute Gasteiger partial charge is 0.394 e. The topological polar surface area (TPSA) is 82.1 Å². The van der Waals surface area contributed by atoms with Gasteiger partial charge >= 0.3 is 6.03 Å². The smallest absolute Gasteiger partial charge is 0.317 e. The number of hydrogen-bond donors (Lipinski definition) is 2. The van der Waals surface area contributed by atoms with Gasteiger partial charge in [-0.2, -0.15) is 0 Å². The molecule has 0 aromatic heterocycles. The van der Waals surface area contributed by atoms with Gasteiger partial charge in [-0.25, -0.2) is 4.79 Å². The van der Waals surface area contributed by atoms with E-state index in [0.29, 0.717) is 31.2 Å². The van der Waals surface area contributed by atoms with E-state index in [9.17, 15) is 14.7 Å². The molecule has 2 aromatic rings. The molecule has 0 fully saturated rings. The number of urea groups is 1. The Balaban J connectivity index is 1.97. The van der Waals surface area contributed by atoms with Gasteiger partial charge in [-0.05, 0) is 42.5 Å². The third kappa shape index (κ3) is 6.45. The fourth-order valence-electron chi connectivity index (χ4n) is 4.38. The zero-order valence-electron chi connectivity index (χ0n) is 22.4.